The molecule has 1 aromatic carbocycles. The Balaban J connectivity index is 2.07. The number of para-hydroxylation sites is 1. The third-order valence-electron chi connectivity index (χ3n) is 3.91. The summed E-state index contributed by atoms with van der Waals surface area (Å²) >= 11 is 0. The smallest absolute Gasteiger partial charge is 0.266 e. The Labute approximate surface area is 131 Å². The van der Waals surface area contributed by atoms with E-state index in [-0.39, 0.29) is 11.5 Å². The standard InChI is InChI=1S/C17H22N4O/c1-3-14-6-4-5-7-16(14)19-13-15(12-18)17(22)21-10-8-20(2)9-11-21/h4-7,13,19H,3,8-11H2,1-2H3/b15-13-. The Hall–Kier alpha value is -2.32. The number of anilines is 1. The summed E-state index contributed by atoms with van der Waals surface area (Å²) in [6.45, 7) is 5.09. The van der Waals surface area contributed by atoms with Crippen LogP contribution in [0, 0.1) is 11.3 Å². The molecule has 5 nitrogen and oxygen atoms in total. The summed E-state index contributed by atoms with van der Waals surface area (Å²) in [6.07, 6.45) is 2.42. The highest BCUT2D eigenvalue weighted by Gasteiger charge is 2.22. The second kappa shape index (κ2) is 7.62. The van der Waals surface area contributed by atoms with Crippen molar-refractivity contribution < 1.29 is 4.79 Å². The van der Waals surface area contributed by atoms with E-state index in [1.807, 2.05) is 37.4 Å². The van der Waals surface area contributed by atoms with Gasteiger partial charge in [-0.25, -0.2) is 0 Å². The fraction of sp³-hybridized carbons (Fsp3) is 0.412. The molecule has 1 aromatic rings. The molecule has 2 rings (SSSR count). The maximum Gasteiger partial charge on any atom is 0.266 e. The second-order valence-electron chi connectivity index (χ2n) is 5.42. The van der Waals surface area contributed by atoms with Crippen molar-refractivity contribution in [3.8, 4) is 6.07 Å². The van der Waals surface area contributed by atoms with Gasteiger partial charge in [0, 0.05) is 38.1 Å². The maximum absolute atomic E-state index is 12.4. The molecule has 0 bridgehead atoms. The number of likely N-dealkylation sites (N-methyl/N-ethyl adjacent to an activating group) is 1. The van der Waals surface area contributed by atoms with E-state index in [0.29, 0.717) is 13.1 Å². The monoisotopic (exact) mass is 298 g/mol. The first-order valence-corrected chi connectivity index (χ1v) is 7.58. The predicted molar refractivity (Wildman–Crippen MR) is 87.2 cm³/mol. The molecule has 22 heavy (non-hydrogen) atoms. The number of piperazine rings is 1. The van der Waals surface area contributed by atoms with Gasteiger partial charge in [0.15, 0.2) is 0 Å². The van der Waals surface area contributed by atoms with Crippen molar-refractivity contribution in [2.45, 2.75) is 13.3 Å². The lowest BCUT2D eigenvalue weighted by Crippen LogP contribution is -2.47. The van der Waals surface area contributed by atoms with E-state index in [2.05, 4.69) is 17.1 Å². The highest BCUT2D eigenvalue weighted by molar-refractivity contribution is 5.97. The van der Waals surface area contributed by atoms with Crippen molar-refractivity contribution in [2.75, 3.05) is 38.5 Å². The Morgan fingerprint density at radius 1 is 1.32 bits per heavy atom. The van der Waals surface area contributed by atoms with E-state index in [1.165, 1.54) is 6.20 Å². The fourth-order valence-corrected chi connectivity index (χ4v) is 2.44. The second-order valence-corrected chi connectivity index (χ2v) is 5.42. The number of carbonyl (C=O) groups is 1. The van der Waals surface area contributed by atoms with Crippen LogP contribution >= 0.6 is 0 Å². The summed E-state index contributed by atoms with van der Waals surface area (Å²) in [5.41, 5.74) is 2.24. The molecule has 0 atom stereocenters. The minimum Gasteiger partial charge on any atom is -0.360 e. The molecule has 5 heteroatoms. The molecule has 116 valence electrons. The first kappa shape index (κ1) is 16.1. The van der Waals surface area contributed by atoms with Gasteiger partial charge < -0.3 is 15.1 Å². The summed E-state index contributed by atoms with van der Waals surface area (Å²) in [4.78, 5) is 16.3. The van der Waals surface area contributed by atoms with E-state index < -0.39 is 0 Å². The van der Waals surface area contributed by atoms with Gasteiger partial charge in [-0.2, -0.15) is 5.26 Å². The van der Waals surface area contributed by atoms with Crippen LogP contribution in [0.4, 0.5) is 5.69 Å². The largest absolute Gasteiger partial charge is 0.360 e. The Kier molecular flexibility index (Phi) is 5.56. The topological polar surface area (TPSA) is 59.4 Å². The molecular formula is C17H22N4O. The number of nitrogens with zero attached hydrogens (tertiary/aromatic N) is 3. The number of benzene rings is 1. The Morgan fingerprint density at radius 2 is 2.00 bits per heavy atom. The van der Waals surface area contributed by atoms with E-state index >= 15 is 0 Å². The Morgan fingerprint density at radius 3 is 2.64 bits per heavy atom. The van der Waals surface area contributed by atoms with Crippen molar-refractivity contribution in [2.24, 2.45) is 0 Å². The molecule has 1 N–H and O–H groups in total. The predicted octanol–water partition coefficient (Wildman–Crippen LogP) is 1.84. The molecule has 0 radical (unpaired) electrons. The van der Waals surface area contributed by atoms with Gasteiger partial charge in [0.25, 0.3) is 5.91 Å². The Bertz CT molecular complexity index is 595. The van der Waals surface area contributed by atoms with Crippen LogP contribution in [0.15, 0.2) is 36.0 Å². The minimum absolute atomic E-state index is 0.149. The number of nitrogens with one attached hydrogen (secondary N) is 1. The third kappa shape index (κ3) is 3.86. The van der Waals surface area contributed by atoms with Crippen LogP contribution in [0.1, 0.15) is 12.5 Å². The van der Waals surface area contributed by atoms with E-state index in [9.17, 15) is 10.1 Å². The van der Waals surface area contributed by atoms with Gasteiger partial charge in [-0.15, -0.1) is 0 Å². The number of hydrogen-bond donors (Lipinski definition) is 1. The number of carbonyl (C=O) groups excluding carboxylic acids is 1. The zero-order valence-corrected chi connectivity index (χ0v) is 13.2. The molecule has 0 aliphatic carbocycles. The third-order valence-corrected chi connectivity index (χ3v) is 3.91. The fourth-order valence-electron chi connectivity index (χ4n) is 2.44. The zero-order valence-electron chi connectivity index (χ0n) is 13.2. The zero-order chi connectivity index (χ0) is 15.9. The molecule has 0 spiro atoms. The van der Waals surface area contributed by atoms with Crippen molar-refractivity contribution in [3.63, 3.8) is 0 Å². The van der Waals surface area contributed by atoms with Gasteiger partial charge in [0.1, 0.15) is 11.6 Å². The summed E-state index contributed by atoms with van der Waals surface area (Å²) in [5, 5.41) is 12.4. The average molecular weight is 298 g/mol. The van der Waals surface area contributed by atoms with Crippen LogP contribution in [0.5, 0.6) is 0 Å². The molecule has 1 heterocycles. The van der Waals surface area contributed by atoms with Crippen molar-refractivity contribution in [1.82, 2.24) is 9.80 Å². The number of aryl methyl sites for hydroxylation is 1. The van der Waals surface area contributed by atoms with Crippen LogP contribution in [-0.2, 0) is 11.2 Å². The van der Waals surface area contributed by atoms with Crippen LogP contribution in [-0.4, -0.2) is 48.9 Å². The highest BCUT2D eigenvalue weighted by atomic mass is 16.2. The maximum atomic E-state index is 12.4. The molecule has 0 unspecified atom stereocenters. The summed E-state index contributed by atoms with van der Waals surface area (Å²) in [7, 11) is 2.03. The van der Waals surface area contributed by atoms with Crippen LogP contribution in [0.3, 0.4) is 0 Å². The van der Waals surface area contributed by atoms with Crippen LogP contribution in [0.25, 0.3) is 0 Å². The lowest BCUT2D eigenvalue weighted by Gasteiger charge is -2.32. The van der Waals surface area contributed by atoms with Gasteiger partial charge in [0.05, 0.1) is 0 Å². The van der Waals surface area contributed by atoms with Gasteiger partial charge in [-0.1, -0.05) is 25.1 Å². The SMILES string of the molecule is CCc1ccccc1N/C=C(/C#N)C(=O)N1CCN(C)CC1. The highest BCUT2D eigenvalue weighted by Crippen LogP contribution is 2.16. The summed E-state index contributed by atoms with van der Waals surface area (Å²) in [6, 6.07) is 9.91. The lowest BCUT2D eigenvalue weighted by molar-refractivity contribution is -0.128. The molecular weight excluding hydrogens is 276 g/mol. The summed E-state index contributed by atoms with van der Waals surface area (Å²) in [5.74, 6) is -0.197. The van der Waals surface area contributed by atoms with Gasteiger partial charge >= 0.3 is 0 Å². The lowest BCUT2D eigenvalue weighted by atomic mass is 10.1. The van der Waals surface area contributed by atoms with Crippen molar-refractivity contribution in [1.29, 1.82) is 5.26 Å². The van der Waals surface area contributed by atoms with Gasteiger partial charge in [-0.05, 0) is 25.1 Å². The van der Waals surface area contributed by atoms with E-state index in [0.717, 1.165) is 30.8 Å². The first-order valence-electron chi connectivity index (χ1n) is 7.58. The number of hydrogen-bond acceptors (Lipinski definition) is 4. The van der Waals surface area contributed by atoms with Crippen molar-refractivity contribution in [3.05, 3.63) is 41.6 Å². The van der Waals surface area contributed by atoms with Gasteiger partial charge in [-0.3, -0.25) is 4.79 Å². The normalized spacial score (nSPS) is 16.2. The number of rotatable bonds is 4. The molecule has 1 amide bonds. The number of amides is 1. The van der Waals surface area contributed by atoms with Crippen molar-refractivity contribution >= 4 is 11.6 Å². The van der Waals surface area contributed by atoms with E-state index in [1.54, 1.807) is 4.90 Å². The van der Waals surface area contributed by atoms with Gasteiger partial charge in [0.2, 0.25) is 0 Å². The molecule has 1 aliphatic rings. The van der Waals surface area contributed by atoms with Crippen LogP contribution in [0.2, 0.25) is 0 Å². The summed E-state index contributed by atoms with van der Waals surface area (Å²) < 4.78 is 0. The molecule has 1 aliphatic heterocycles. The minimum atomic E-state index is -0.197. The molecule has 1 saturated heterocycles. The molecule has 0 aromatic heterocycles. The molecule has 1 fully saturated rings. The molecule has 0 saturated carbocycles. The quantitative estimate of drug-likeness (QED) is 0.681. The number of nitriles is 1. The van der Waals surface area contributed by atoms with Crippen LogP contribution < -0.4 is 5.32 Å². The van der Waals surface area contributed by atoms with E-state index in [4.69, 9.17) is 0 Å². The average Bonchev–Trinajstić information content (AvgIpc) is 2.56. The first-order chi connectivity index (χ1) is 10.7.